The molecule has 0 saturated carbocycles. The number of aliphatic hydroxyl groups is 1. The van der Waals surface area contributed by atoms with Gasteiger partial charge in [-0.2, -0.15) is 0 Å². The Kier molecular flexibility index (Phi) is 17.1. The van der Waals surface area contributed by atoms with Crippen molar-refractivity contribution in [3.8, 4) is 22.3 Å². The number of hydrogen-bond donors (Lipinski definition) is 7. The van der Waals surface area contributed by atoms with Crippen LogP contribution in [0.5, 0.6) is 0 Å². The number of pyridine rings is 4. The summed E-state index contributed by atoms with van der Waals surface area (Å²) in [6, 6.07) is 26.7. The number of nitrogens with zero attached hydrogens (tertiary/aromatic N) is 7. The van der Waals surface area contributed by atoms with Crippen LogP contribution in [0.3, 0.4) is 0 Å². The predicted molar refractivity (Wildman–Crippen MR) is 311 cm³/mol. The largest absolute Gasteiger partial charge is 0.389 e. The molecule has 6 amide bonds. The molecule has 80 heavy (non-hydrogen) atoms. The van der Waals surface area contributed by atoms with Gasteiger partial charge in [0.1, 0.15) is 23.3 Å². The summed E-state index contributed by atoms with van der Waals surface area (Å²) in [5.41, 5.74) is 4.73. The van der Waals surface area contributed by atoms with Gasteiger partial charge >= 0.3 is 18.1 Å². The number of aliphatic hydroxyl groups excluding tert-OH is 1. The molecule has 6 heterocycles. The van der Waals surface area contributed by atoms with Crippen LogP contribution in [-0.4, -0.2) is 116 Å². The van der Waals surface area contributed by atoms with Gasteiger partial charge in [0.15, 0.2) is 0 Å². The molecule has 4 aromatic carbocycles. The number of nitrogens with one attached hydrogen (secondary N) is 6. The summed E-state index contributed by atoms with van der Waals surface area (Å²) in [7, 11) is 3.90. The van der Waals surface area contributed by atoms with E-state index in [1.165, 1.54) is 33.9 Å². The van der Waals surface area contributed by atoms with E-state index in [2.05, 4.69) is 58.7 Å². The van der Waals surface area contributed by atoms with Gasteiger partial charge in [-0.15, -0.1) is 0 Å². The molecule has 10 rings (SSSR count). The fraction of sp³-hybridized carbons (Fsp3) is 0.259. The Bertz CT molecular complexity index is 3770. The lowest BCUT2D eigenvalue weighted by molar-refractivity contribution is 0.0308. The smallest absolute Gasteiger partial charge is 0.323 e. The first-order valence-electron chi connectivity index (χ1n) is 26.0. The number of benzene rings is 4. The van der Waals surface area contributed by atoms with Gasteiger partial charge in [0.2, 0.25) is 0 Å². The topological polar surface area (TPSA) is 223 Å². The van der Waals surface area contributed by atoms with E-state index in [0.717, 1.165) is 55.3 Å². The molecule has 0 spiro atoms. The zero-order valence-corrected chi connectivity index (χ0v) is 45.4. The van der Waals surface area contributed by atoms with Crippen molar-refractivity contribution >= 4 is 85.9 Å². The molecule has 19 nitrogen and oxygen atoms in total. The van der Waals surface area contributed by atoms with Crippen LogP contribution in [0.2, 0.25) is 5.02 Å². The summed E-state index contributed by atoms with van der Waals surface area (Å²) in [6.07, 6.45) is 2.69. The van der Waals surface area contributed by atoms with Gasteiger partial charge < -0.3 is 50.6 Å². The standard InChI is InChI=1S/C31H36FN7O2.C27H24ClFN6O4/c1-5-39-28-17-29(33-3)34-18-22(28)15-25(30(39)40)24-16-27(26(32)13-20(24)2)36-31(41)35-23-8-6-7-21(14-23)19-38-11-9-37(4)10-12-38;1-2-35-23-11-24(33-27(39)34-13-17(36)14-34)30-12-15(23)8-19(25(35)37)18-9-22(21(29)10-20(18)28)32-26(38)31-16-6-4-3-5-7-16/h6-8,13-18H,5,9-12,19H2,1-4H3,(H,33,34)(H2,35,36,41);3-12,17,36H,2,13-14H2,1H3,(H,30,33,39)(H2,31,32,38). The molecular weight excluding hydrogens is 1050 g/mol. The molecule has 2 saturated heterocycles. The number of likely N-dealkylation sites (N-methyl/N-ethyl adjacent to an activating group) is 1. The van der Waals surface area contributed by atoms with Crippen molar-refractivity contribution in [2.45, 2.75) is 46.5 Å². The van der Waals surface area contributed by atoms with Gasteiger partial charge in [0.25, 0.3) is 11.1 Å². The van der Waals surface area contributed by atoms with Gasteiger partial charge in [0.05, 0.1) is 46.6 Å². The highest BCUT2D eigenvalue weighted by atomic mass is 35.5. The number of urea groups is 3. The number of aryl methyl sites for hydroxylation is 3. The number of para-hydroxylation sites is 1. The molecule has 7 N–H and O–H groups in total. The van der Waals surface area contributed by atoms with Gasteiger partial charge in [-0.1, -0.05) is 41.9 Å². The van der Waals surface area contributed by atoms with E-state index >= 15 is 4.39 Å². The van der Waals surface area contributed by atoms with Crippen molar-refractivity contribution in [3.63, 3.8) is 0 Å². The lowest BCUT2D eigenvalue weighted by Crippen LogP contribution is -2.54. The third kappa shape index (κ3) is 12.7. The minimum absolute atomic E-state index is 0.00537. The number of β-amino-alcohol motifs (C(OH)–C–C–N with tert-alkyl or cyclic N) is 1. The van der Waals surface area contributed by atoms with Crippen molar-refractivity contribution in [1.29, 1.82) is 0 Å². The molecular formula is C58H60ClF2N13O6. The van der Waals surface area contributed by atoms with E-state index in [9.17, 15) is 33.5 Å². The van der Waals surface area contributed by atoms with Crippen molar-refractivity contribution in [1.82, 2.24) is 33.8 Å². The Balaban J connectivity index is 0.000000194. The third-order valence-electron chi connectivity index (χ3n) is 13.9. The Hall–Kier alpha value is -8.76. The Morgan fingerprint density at radius 1 is 0.650 bits per heavy atom. The number of amides is 6. The lowest BCUT2D eigenvalue weighted by atomic mass is 9.99. The molecule has 0 atom stereocenters. The molecule has 22 heteroatoms. The highest BCUT2D eigenvalue weighted by Crippen LogP contribution is 2.34. The Morgan fingerprint density at radius 2 is 1.20 bits per heavy atom. The minimum atomic E-state index is -0.764. The van der Waals surface area contributed by atoms with Crippen molar-refractivity contribution in [2.75, 3.05) is 85.3 Å². The van der Waals surface area contributed by atoms with Crippen LogP contribution in [0.15, 0.2) is 125 Å². The summed E-state index contributed by atoms with van der Waals surface area (Å²) >= 11 is 6.36. The van der Waals surface area contributed by atoms with E-state index in [1.54, 1.807) is 86.3 Å². The second-order valence-electron chi connectivity index (χ2n) is 19.5. The maximum atomic E-state index is 15.0. The molecule has 2 fully saturated rings. The van der Waals surface area contributed by atoms with Crippen molar-refractivity contribution in [3.05, 3.63) is 164 Å². The molecule has 0 radical (unpaired) electrons. The van der Waals surface area contributed by atoms with Crippen molar-refractivity contribution in [2.24, 2.45) is 0 Å². The van der Waals surface area contributed by atoms with E-state index in [1.807, 2.05) is 31.2 Å². The first-order chi connectivity index (χ1) is 38.5. The van der Waals surface area contributed by atoms with Crippen LogP contribution in [0.25, 0.3) is 44.1 Å². The van der Waals surface area contributed by atoms with E-state index in [0.29, 0.717) is 57.9 Å². The maximum Gasteiger partial charge on any atom is 0.323 e. The van der Waals surface area contributed by atoms with Crippen LogP contribution in [0.1, 0.15) is 25.0 Å². The SMILES string of the molecule is CCn1c(=O)c(-c2cc(NC(=O)Nc3cccc(CN4CCN(C)CC4)c3)c(F)cc2C)cc2cnc(NC)cc21.CCn1c(=O)c(-c2cc(NC(=O)Nc3ccccc3)c(F)cc2Cl)cc2cnc(NC(=O)N3CC(O)C3)cc21. The molecule has 414 valence electrons. The second kappa shape index (κ2) is 24.5. The predicted octanol–water partition coefficient (Wildman–Crippen LogP) is 9.69. The minimum Gasteiger partial charge on any atom is -0.389 e. The highest BCUT2D eigenvalue weighted by molar-refractivity contribution is 6.33. The van der Waals surface area contributed by atoms with Crippen LogP contribution >= 0.6 is 11.6 Å². The number of aromatic nitrogens is 4. The number of halogens is 3. The van der Waals surface area contributed by atoms with Gasteiger partial charge in [-0.25, -0.2) is 33.1 Å². The average Bonchev–Trinajstić information content (AvgIpc) is 3.48. The summed E-state index contributed by atoms with van der Waals surface area (Å²) in [4.78, 5) is 79.6. The summed E-state index contributed by atoms with van der Waals surface area (Å²) in [6.45, 7) is 11.5. The first-order valence-corrected chi connectivity index (χ1v) is 26.4. The van der Waals surface area contributed by atoms with Gasteiger partial charge in [0, 0.05) is 116 Å². The molecule has 0 bridgehead atoms. The third-order valence-corrected chi connectivity index (χ3v) is 14.2. The Morgan fingerprint density at radius 3 is 1.80 bits per heavy atom. The van der Waals surface area contributed by atoms with Crippen LogP contribution in [0, 0.1) is 18.6 Å². The van der Waals surface area contributed by atoms with E-state index in [4.69, 9.17) is 11.6 Å². The van der Waals surface area contributed by atoms with Gasteiger partial charge in [-0.3, -0.25) is 19.8 Å². The first kappa shape index (κ1) is 56.0. The number of carbonyl (C=O) groups excluding carboxylic acids is 3. The molecule has 8 aromatic rings. The molecule has 0 aliphatic carbocycles. The quantitative estimate of drug-likeness (QED) is 0.0610. The van der Waals surface area contributed by atoms with Crippen LogP contribution in [0.4, 0.5) is 57.5 Å². The number of fused-ring (bicyclic) bond motifs is 2. The summed E-state index contributed by atoms with van der Waals surface area (Å²) < 4.78 is 32.9. The Labute approximate surface area is 464 Å². The number of rotatable bonds is 12. The monoisotopic (exact) mass is 1110 g/mol. The maximum absolute atomic E-state index is 15.0. The molecule has 2 aliphatic heterocycles. The fourth-order valence-corrected chi connectivity index (χ4v) is 9.84. The fourth-order valence-electron chi connectivity index (χ4n) is 9.59. The summed E-state index contributed by atoms with van der Waals surface area (Å²) in [5, 5.41) is 27.0. The summed E-state index contributed by atoms with van der Waals surface area (Å²) in [5.74, 6) is -0.436. The van der Waals surface area contributed by atoms with Crippen LogP contribution in [-0.2, 0) is 19.6 Å². The highest BCUT2D eigenvalue weighted by Gasteiger charge is 2.29. The molecule has 4 aromatic heterocycles. The zero-order valence-electron chi connectivity index (χ0n) is 44.7. The van der Waals surface area contributed by atoms with E-state index < -0.39 is 41.4 Å². The number of hydrogen-bond acceptors (Lipinski definition) is 11. The van der Waals surface area contributed by atoms with Crippen molar-refractivity contribution < 1.29 is 28.3 Å². The van der Waals surface area contributed by atoms with E-state index in [-0.39, 0.29) is 52.0 Å². The van der Waals surface area contributed by atoms with Gasteiger partial charge in [-0.05, 0) is 105 Å². The number of anilines is 6. The average molecular weight is 1110 g/mol. The second-order valence-corrected chi connectivity index (χ2v) is 19.9. The van der Waals surface area contributed by atoms with Crippen LogP contribution < -0.4 is 43.0 Å². The number of likely N-dealkylation sites (tertiary alicyclic amines) is 1. The molecule has 0 unspecified atom stereocenters. The lowest BCUT2D eigenvalue weighted by Gasteiger charge is -2.35. The molecule has 2 aliphatic rings. The zero-order chi connectivity index (χ0) is 56.8. The number of piperazine rings is 1. The number of carbonyl (C=O) groups is 3. The normalized spacial score (nSPS) is 13.7.